The first-order chi connectivity index (χ1) is 13.6. The third-order valence-corrected chi connectivity index (χ3v) is 6.26. The molecule has 1 heterocycles. The Balaban J connectivity index is 1.78. The Kier molecular flexibility index (Phi) is 6.51. The predicted molar refractivity (Wildman–Crippen MR) is 118 cm³/mol. The number of aliphatic hydroxyl groups is 1. The number of rotatable bonds is 3. The Morgan fingerprint density at radius 3 is 2.34 bits per heavy atom. The maximum atomic E-state index is 12.4. The predicted octanol–water partition coefficient (Wildman–Crippen LogP) is 6.02. The number of carbonyl (C=O) groups is 1. The fourth-order valence-corrected chi connectivity index (χ4v) is 4.53. The number of benzene rings is 2. The number of piperidine rings is 1. The van der Waals surface area contributed by atoms with Crippen LogP contribution in [0.3, 0.4) is 0 Å². The van der Waals surface area contributed by atoms with E-state index in [0.717, 1.165) is 20.9 Å². The third kappa shape index (κ3) is 5.68. The number of nitrogens with zero attached hydrogens (tertiary/aromatic N) is 1. The Hall–Kier alpha value is -1.69. The number of halogens is 1. The summed E-state index contributed by atoms with van der Waals surface area (Å²) in [4.78, 5) is 16.1. The van der Waals surface area contributed by atoms with E-state index in [-0.39, 0.29) is 6.09 Å². The summed E-state index contributed by atoms with van der Waals surface area (Å²) < 4.78 is 5.47. The second-order valence-electron chi connectivity index (χ2n) is 8.55. The molecule has 6 heteroatoms. The van der Waals surface area contributed by atoms with Gasteiger partial charge in [-0.05, 0) is 76.4 Å². The zero-order valence-electron chi connectivity index (χ0n) is 17.4. The van der Waals surface area contributed by atoms with Crippen LogP contribution in [0.4, 0.5) is 4.79 Å². The summed E-state index contributed by atoms with van der Waals surface area (Å²) in [6.07, 6.45) is 0.632. The largest absolute Gasteiger partial charge is 0.444 e. The third-order valence-electron chi connectivity index (χ3n) is 4.92. The number of likely N-dealkylation sites (tertiary alicyclic amines) is 1. The first kappa shape index (κ1) is 22.0. The lowest BCUT2D eigenvalue weighted by Crippen LogP contribution is -2.47. The van der Waals surface area contributed by atoms with Gasteiger partial charge in [0.1, 0.15) is 5.60 Å². The first-order valence-electron chi connectivity index (χ1n) is 9.81. The normalized spacial score (nSPS) is 16.6. The lowest BCUT2D eigenvalue weighted by Gasteiger charge is -2.39. The number of hydrogen-bond acceptors (Lipinski definition) is 4. The van der Waals surface area contributed by atoms with E-state index in [9.17, 15) is 9.90 Å². The van der Waals surface area contributed by atoms with Gasteiger partial charge in [-0.25, -0.2) is 4.79 Å². The fraction of sp³-hybridized carbons (Fsp3) is 0.435. The highest BCUT2D eigenvalue weighted by Gasteiger charge is 2.38. The summed E-state index contributed by atoms with van der Waals surface area (Å²) in [5, 5.41) is 12.2. The van der Waals surface area contributed by atoms with E-state index in [0.29, 0.717) is 31.0 Å². The Bertz CT molecular complexity index is 869. The van der Waals surface area contributed by atoms with Crippen LogP contribution in [0.5, 0.6) is 0 Å². The molecule has 0 spiro atoms. The molecule has 1 fully saturated rings. The second kappa shape index (κ2) is 8.58. The number of carbonyl (C=O) groups excluding carboxylic acids is 1. The lowest BCUT2D eigenvalue weighted by atomic mass is 9.84. The van der Waals surface area contributed by atoms with Crippen molar-refractivity contribution < 1.29 is 14.6 Å². The van der Waals surface area contributed by atoms with E-state index in [4.69, 9.17) is 16.3 Å². The number of ether oxygens (including phenoxy) is 1. The standard InChI is InChI=1S/C23H28ClNO3S/c1-16-5-10-20(29-18-8-6-17(24)7-9-18)19(15-16)23(27)11-13-25(14-12-23)21(26)28-22(2,3)4/h5-10,15,27H,11-14H2,1-4H3. The van der Waals surface area contributed by atoms with Crippen LogP contribution in [0.25, 0.3) is 0 Å². The molecule has 0 saturated carbocycles. The highest BCUT2D eigenvalue weighted by atomic mass is 35.5. The fourth-order valence-electron chi connectivity index (χ4n) is 3.38. The van der Waals surface area contributed by atoms with E-state index in [2.05, 4.69) is 18.2 Å². The zero-order valence-corrected chi connectivity index (χ0v) is 18.9. The molecule has 0 aliphatic carbocycles. The SMILES string of the molecule is Cc1ccc(Sc2ccc(Cl)cc2)c(C2(O)CCN(C(=O)OC(C)(C)C)CC2)c1. The monoisotopic (exact) mass is 433 g/mol. The summed E-state index contributed by atoms with van der Waals surface area (Å²) >= 11 is 7.61. The van der Waals surface area contributed by atoms with Crippen molar-refractivity contribution in [1.82, 2.24) is 4.90 Å². The molecule has 3 rings (SSSR count). The Morgan fingerprint density at radius 1 is 1.14 bits per heavy atom. The van der Waals surface area contributed by atoms with Crippen LogP contribution in [0.2, 0.25) is 5.02 Å². The van der Waals surface area contributed by atoms with Gasteiger partial charge in [0, 0.05) is 27.9 Å². The molecule has 2 aromatic rings. The minimum Gasteiger partial charge on any atom is -0.444 e. The summed E-state index contributed by atoms with van der Waals surface area (Å²) in [5.74, 6) is 0. The molecule has 1 N–H and O–H groups in total. The van der Waals surface area contributed by atoms with Gasteiger partial charge in [0.25, 0.3) is 0 Å². The van der Waals surface area contributed by atoms with Crippen molar-refractivity contribution in [2.24, 2.45) is 0 Å². The highest BCUT2D eigenvalue weighted by molar-refractivity contribution is 7.99. The Labute approximate surface area is 182 Å². The van der Waals surface area contributed by atoms with E-state index in [1.54, 1.807) is 16.7 Å². The van der Waals surface area contributed by atoms with Gasteiger partial charge in [-0.3, -0.25) is 0 Å². The van der Waals surface area contributed by atoms with Crippen LogP contribution in [-0.2, 0) is 10.3 Å². The van der Waals surface area contributed by atoms with Gasteiger partial charge in [-0.15, -0.1) is 0 Å². The van der Waals surface area contributed by atoms with Crippen molar-refractivity contribution in [2.75, 3.05) is 13.1 Å². The number of amides is 1. The van der Waals surface area contributed by atoms with E-state index in [1.807, 2.05) is 52.0 Å². The average Bonchev–Trinajstić information content (AvgIpc) is 2.64. The van der Waals surface area contributed by atoms with E-state index in [1.165, 1.54) is 0 Å². The van der Waals surface area contributed by atoms with Gasteiger partial charge in [0.2, 0.25) is 0 Å². The smallest absolute Gasteiger partial charge is 0.410 e. The minimum absolute atomic E-state index is 0.320. The number of hydrogen-bond donors (Lipinski definition) is 1. The Morgan fingerprint density at radius 2 is 1.76 bits per heavy atom. The van der Waals surface area contributed by atoms with E-state index >= 15 is 0 Å². The summed E-state index contributed by atoms with van der Waals surface area (Å²) in [7, 11) is 0. The molecule has 2 aromatic carbocycles. The molecule has 1 saturated heterocycles. The van der Waals surface area contributed by atoms with Crippen LogP contribution in [0, 0.1) is 6.92 Å². The molecule has 4 nitrogen and oxygen atoms in total. The molecule has 29 heavy (non-hydrogen) atoms. The molecule has 1 amide bonds. The van der Waals surface area contributed by atoms with Crippen LogP contribution in [0.1, 0.15) is 44.7 Å². The van der Waals surface area contributed by atoms with Crippen molar-refractivity contribution in [2.45, 2.75) is 61.5 Å². The first-order valence-corrected chi connectivity index (χ1v) is 11.0. The van der Waals surface area contributed by atoms with Gasteiger partial charge in [0.15, 0.2) is 0 Å². The van der Waals surface area contributed by atoms with Crippen molar-refractivity contribution in [3.8, 4) is 0 Å². The molecule has 0 aromatic heterocycles. The van der Waals surface area contributed by atoms with Crippen molar-refractivity contribution in [1.29, 1.82) is 0 Å². The average molecular weight is 434 g/mol. The van der Waals surface area contributed by atoms with Crippen molar-refractivity contribution in [3.05, 3.63) is 58.6 Å². The minimum atomic E-state index is -0.973. The van der Waals surface area contributed by atoms with Gasteiger partial charge >= 0.3 is 6.09 Å². The van der Waals surface area contributed by atoms with Crippen LogP contribution >= 0.6 is 23.4 Å². The summed E-state index contributed by atoms with van der Waals surface area (Å²) in [5.41, 5.74) is 0.521. The zero-order chi connectivity index (χ0) is 21.2. The summed E-state index contributed by atoms with van der Waals surface area (Å²) in [6.45, 7) is 8.53. The van der Waals surface area contributed by atoms with Gasteiger partial charge < -0.3 is 14.7 Å². The summed E-state index contributed by atoms with van der Waals surface area (Å²) in [6, 6.07) is 13.9. The lowest BCUT2D eigenvalue weighted by molar-refractivity contribution is -0.0371. The molecule has 0 unspecified atom stereocenters. The number of aryl methyl sites for hydroxylation is 1. The topological polar surface area (TPSA) is 49.8 Å². The maximum absolute atomic E-state index is 12.4. The molecular formula is C23H28ClNO3S. The molecule has 0 atom stereocenters. The highest BCUT2D eigenvalue weighted by Crippen LogP contribution is 2.41. The van der Waals surface area contributed by atoms with E-state index < -0.39 is 11.2 Å². The van der Waals surface area contributed by atoms with Gasteiger partial charge in [-0.2, -0.15) is 0 Å². The molecule has 0 radical (unpaired) electrons. The quantitative estimate of drug-likeness (QED) is 0.643. The van der Waals surface area contributed by atoms with Gasteiger partial charge in [0.05, 0.1) is 5.60 Å². The molecule has 1 aliphatic heterocycles. The second-order valence-corrected chi connectivity index (χ2v) is 10.1. The van der Waals surface area contributed by atoms with Crippen molar-refractivity contribution >= 4 is 29.5 Å². The van der Waals surface area contributed by atoms with Crippen LogP contribution < -0.4 is 0 Å². The molecular weight excluding hydrogens is 406 g/mol. The maximum Gasteiger partial charge on any atom is 0.410 e. The molecule has 0 bridgehead atoms. The van der Waals surface area contributed by atoms with Crippen LogP contribution in [0.15, 0.2) is 52.3 Å². The van der Waals surface area contributed by atoms with Gasteiger partial charge in [-0.1, -0.05) is 41.1 Å². The van der Waals surface area contributed by atoms with Crippen LogP contribution in [-0.4, -0.2) is 34.8 Å². The van der Waals surface area contributed by atoms with Crippen molar-refractivity contribution in [3.63, 3.8) is 0 Å². The molecule has 156 valence electrons. The molecule has 1 aliphatic rings.